The van der Waals surface area contributed by atoms with E-state index < -0.39 is 0 Å². The first-order chi connectivity index (χ1) is 19.4. The summed E-state index contributed by atoms with van der Waals surface area (Å²) in [5, 5.41) is 2.57. The number of thiophene rings is 3. The lowest BCUT2D eigenvalue weighted by atomic mass is 9.81. The minimum atomic E-state index is -0.215. The zero-order valence-electron chi connectivity index (χ0n) is 23.0. The summed E-state index contributed by atoms with van der Waals surface area (Å²) in [5.41, 5.74) is 4.97. The van der Waals surface area contributed by atoms with Crippen molar-refractivity contribution in [3.05, 3.63) is 33.0 Å². The highest BCUT2D eigenvalue weighted by Gasteiger charge is 2.53. The van der Waals surface area contributed by atoms with E-state index >= 15 is 0 Å². The van der Waals surface area contributed by atoms with Crippen LogP contribution in [0, 0.1) is 0 Å². The van der Waals surface area contributed by atoms with Gasteiger partial charge in [-0.2, -0.15) is 0 Å². The van der Waals surface area contributed by atoms with Crippen LogP contribution in [0.5, 0.6) is 0 Å². The predicted octanol–water partition coefficient (Wildman–Crippen LogP) is 8.34. The molecule has 2 saturated heterocycles. The second-order valence-electron chi connectivity index (χ2n) is 11.1. The monoisotopic (exact) mass is 672 g/mol. The number of thioether (sulfide) groups is 2. The third-order valence-corrected chi connectivity index (χ3v) is 14.1. The highest BCUT2D eigenvalue weighted by Crippen LogP contribution is 2.68. The van der Waals surface area contributed by atoms with E-state index in [1.54, 1.807) is 32.5 Å². The molecule has 0 bridgehead atoms. The molecular formula is C28H24N4O2S7. The van der Waals surface area contributed by atoms with Crippen LogP contribution >= 0.6 is 82.0 Å². The Hall–Kier alpha value is -1.74. The van der Waals surface area contributed by atoms with E-state index in [0.29, 0.717) is 31.8 Å². The molecule has 0 atom stereocenters. The fraction of sp³-hybridized carbons (Fsp3) is 0.357. The lowest BCUT2D eigenvalue weighted by Crippen LogP contribution is -2.29. The number of carbonyl (C=O) groups is 2. The first-order valence-electron chi connectivity index (χ1n) is 13.1. The van der Waals surface area contributed by atoms with E-state index in [0.717, 1.165) is 10.0 Å². The molecule has 4 aliphatic rings. The highest BCUT2D eigenvalue weighted by molar-refractivity contribution is 8.35. The zero-order chi connectivity index (χ0) is 29.2. The van der Waals surface area contributed by atoms with Gasteiger partial charge in [0.1, 0.15) is 18.6 Å². The summed E-state index contributed by atoms with van der Waals surface area (Å²) in [5.74, 6) is -0.223. The average molecular weight is 673 g/mol. The summed E-state index contributed by atoms with van der Waals surface area (Å²) in [7, 11) is 0. The van der Waals surface area contributed by atoms with Crippen LogP contribution in [0.4, 0.5) is 10.0 Å². The van der Waals surface area contributed by atoms with Crippen LogP contribution in [0.1, 0.15) is 62.4 Å². The van der Waals surface area contributed by atoms with Crippen LogP contribution in [0.25, 0.3) is 20.5 Å². The Kier molecular flexibility index (Phi) is 6.42. The van der Waals surface area contributed by atoms with E-state index in [1.807, 2.05) is 25.2 Å². The number of carbonyl (C=O) groups excluding carboxylic acids is 2. The van der Waals surface area contributed by atoms with Crippen LogP contribution < -0.4 is 0 Å². The summed E-state index contributed by atoms with van der Waals surface area (Å²) >= 11 is 18.5. The molecule has 2 aliphatic heterocycles. The van der Waals surface area contributed by atoms with E-state index in [9.17, 15) is 9.59 Å². The molecular weight excluding hydrogens is 649 g/mol. The van der Waals surface area contributed by atoms with Gasteiger partial charge < -0.3 is 0 Å². The second kappa shape index (κ2) is 9.38. The fourth-order valence-corrected chi connectivity index (χ4v) is 13.2. The number of rotatable bonds is 4. The van der Waals surface area contributed by atoms with Gasteiger partial charge in [-0.25, -0.2) is 9.98 Å². The first kappa shape index (κ1) is 28.1. The van der Waals surface area contributed by atoms with Crippen LogP contribution in [0.2, 0.25) is 0 Å². The van der Waals surface area contributed by atoms with E-state index in [4.69, 9.17) is 34.4 Å². The normalized spacial score (nSPS) is 22.9. The molecule has 0 spiro atoms. The Balaban J connectivity index is 1.28. The summed E-state index contributed by atoms with van der Waals surface area (Å²) < 4.78 is 3.58. The number of nitrogens with zero attached hydrogens (tertiary/aromatic N) is 4. The summed E-state index contributed by atoms with van der Waals surface area (Å²) in [4.78, 5) is 40.9. The Morgan fingerprint density at radius 3 is 1.83 bits per heavy atom. The lowest BCUT2D eigenvalue weighted by Gasteiger charge is -2.24. The fourth-order valence-electron chi connectivity index (χ4n) is 6.08. The van der Waals surface area contributed by atoms with Gasteiger partial charge in [0.2, 0.25) is 0 Å². The predicted molar refractivity (Wildman–Crippen MR) is 186 cm³/mol. The average Bonchev–Trinajstić information content (AvgIpc) is 3.71. The molecule has 0 radical (unpaired) electrons. The summed E-state index contributed by atoms with van der Waals surface area (Å²) in [6.07, 6.45) is 0. The number of thiocarbonyl (C=S) groups is 2. The number of hydrogen-bond acceptors (Lipinski definition) is 11. The molecule has 2 amide bonds. The van der Waals surface area contributed by atoms with Gasteiger partial charge in [-0.05, 0) is 71.8 Å². The largest absolute Gasteiger partial charge is 0.292 e. The van der Waals surface area contributed by atoms with Crippen LogP contribution in [0.3, 0.4) is 0 Å². The summed E-state index contributed by atoms with van der Waals surface area (Å²) in [6.45, 7) is 14.2. The first-order valence-corrected chi connectivity index (χ1v) is 18.0. The van der Waals surface area contributed by atoms with Crippen molar-refractivity contribution >= 4 is 143 Å². The molecule has 210 valence electrons. The Morgan fingerprint density at radius 1 is 0.756 bits per heavy atom. The molecule has 0 saturated carbocycles. The quantitative estimate of drug-likeness (QED) is 0.260. The number of fused-ring (bicyclic) bond motifs is 6. The maximum absolute atomic E-state index is 12.8. The molecule has 41 heavy (non-hydrogen) atoms. The SMILES string of the molecule is CCN1C(=O)C(=Nc2cc3c(s2)C2=C(c4sc5cc(N=C6SC(=S)N(CC)C6=O)sc5c4C2(C)C)C3(C)C)SC1=S. The van der Waals surface area contributed by atoms with E-state index in [2.05, 4.69) is 39.8 Å². The molecule has 3 aromatic heterocycles. The molecule has 6 nitrogen and oxygen atoms in total. The lowest BCUT2D eigenvalue weighted by molar-refractivity contribution is -0.120. The minimum Gasteiger partial charge on any atom is -0.292 e. The van der Waals surface area contributed by atoms with Crippen LogP contribution in [-0.4, -0.2) is 53.4 Å². The van der Waals surface area contributed by atoms with Gasteiger partial charge in [0.25, 0.3) is 11.8 Å². The Labute approximate surface area is 269 Å². The van der Waals surface area contributed by atoms with Crippen molar-refractivity contribution in [2.45, 2.75) is 52.4 Å². The maximum Gasteiger partial charge on any atom is 0.285 e. The van der Waals surface area contributed by atoms with Gasteiger partial charge in [0.05, 0.1) is 4.70 Å². The zero-order valence-corrected chi connectivity index (χ0v) is 28.7. The van der Waals surface area contributed by atoms with Crippen molar-refractivity contribution in [1.29, 1.82) is 0 Å². The molecule has 7 rings (SSSR count). The van der Waals surface area contributed by atoms with E-state index in [-0.39, 0.29) is 22.6 Å². The summed E-state index contributed by atoms with van der Waals surface area (Å²) in [6, 6.07) is 4.28. The van der Waals surface area contributed by atoms with Crippen LogP contribution in [0.15, 0.2) is 22.1 Å². The number of aliphatic imine (C=N–C) groups is 2. The van der Waals surface area contributed by atoms with Gasteiger partial charge in [-0.1, -0.05) is 52.1 Å². The third kappa shape index (κ3) is 3.85. The number of allylic oxidation sites excluding steroid dienone is 2. The molecule has 3 aromatic rings. The Morgan fingerprint density at radius 2 is 1.29 bits per heavy atom. The molecule has 0 aromatic carbocycles. The van der Waals surface area contributed by atoms with Crippen molar-refractivity contribution in [2.75, 3.05) is 13.1 Å². The molecule has 0 unspecified atom stereocenters. The topological polar surface area (TPSA) is 65.3 Å². The van der Waals surface area contributed by atoms with Crippen LogP contribution in [-0.2, 0) is 20.4 Å². The number of amides is 2. The van der Waals surface area contributed by atoms with Gasteiger partial charge in [-0.3, -0.25) is 19.4 Å². The third-order valence-electron chi connectivity index (χ3n) is 8.04. The molecule has 2 aliphatic carbocycles. The van der Waals surface area contributed by atoms with Crippen molar-refractivity contribution in [3.63, 3.8) is 0 Å². The molecule has 5 heterocycles. The maximum atomic E-state index is 12.8. The second-order valence-corrected chi connectivity index (χ2v) is 17.4. The molecule has 2 fully saturated rings. The standard InChI is InChI=1S/C28H24N4O2S7/c1-7-31-23(33)21(40-25(31)35)29-13-9-11-18(38-13)15-16(27(11,3)4)20-17(28(15,5)6)19-12(37-20)10-14(39-19)30-22-24(34)32(8-2)26(36)41-22/h9-10H,7-8H2,1-6H3. The number of hydrogen-bond donors (Lipinski definition) is 0. The van der Waals surface area contributed by atoms with Crippen molar-refractivity contribution in [3.8, 4) is 0 Å². The minimum absolute atomic E-state index is 0.111. The molecule has 0 N–H and O–H groups in total. The van der Waals surface area contributed by atoms with Crippen molar-refractivity contribution < 1.29 is 9.59 Å². The molecule has 13 heteroatoms. The van der Waals surface area contributed by atoms with Crippen molar-refractivity contribution in [2.24, 2.45) is 9.98 Å². The van der Waals surface area contributed by atoms with Gasteiger partial charge >= 0.3 is 0 Å². The Bertz CT molecular complexity index is 1870. The van der Waals surface area contributed by atoms with E-state index in [1.165, 1.54) is 65.0 Å². The van der Waals surface area contributed by atoms with Gasteiger partial charge in [-0.15, -0.1) is 34.0 Å². The highest BCUT2D eigenvalue weighted by atomic mass is 32.2. The van der Waals surface area contributed by atoms with Gasteiger partial charge in [0, 0.05) is 38.4 Å². The van der Waals surface area contributed by atoms with Crippen molar-refractivity contribution in [1.82, 2.24) is 9.80 Å². The smallest absolute Gasteiger partial charge is 0.285 e. The van der Waals surface area contributed by atoms with Gasteiger partial charge in [0.15, 0.2) is 10.1 Å².